The third-order valence-electron chi connectivity index (χ3n) is 3.64. The Balaban J connectivity index is 1.82. The van der Waals surface area contributed by atoms with Crippen LogP contribution in [-0.2, 0) is 10.0 Å². The van der Waals surface area contributed by atoms with Crippen molar-refractivity contribution in [1.82, 2.24) is 4.72 Å². The van der Waals surface area contributed by atoms with Crippen LogP contribution in [0.2, 0.25) is 0 Å². The first kappa shape index (κ1) is 16.4. The summed E-state index contributed by atoms with van der Waals surface area (Å²) in [5.74, 6) is 0.363. The fourth-order valence-electron chi connectivity index (χ4n) is 2.39. The lowest BCUT2D eigenvalue weighted by molar-refractivity contribution is 0.242. The zero-order valence-corrected chi connectivity index (χ0v) is 13.6. The lowest BCUT2D eigenvalue weighted by atomic mass is 10.1. The van der Waals surface area contributed by atoms with Crippen LogP contribution in [0, 0.1) is 0 Å². The molecule has 3 aromatic rings. The molecule has 0 radical (unpaired) electrons. The summed E-state index contributed by atoms with van der Waals surface area (Å²) in [6.07, 6.45) is 1.43. The first-order valence-electron chi connectivity index (χ1n) is 7.42. The summed E-state index contributed by atoms with van der Waals surface area (Å²) in [6.45, 7) is -0.394. The van der Waals surface area contributed by atoms with E-state index < -0.39 is 22.7 Å². The van der Waals surface area contributed by atoms with Crippen molar-refractivity contribution in [2.24, 2.45) is 0 Å². The van der Waals surface area contributed by atoms with E-state index in [0.717, 1.165) is 11.1 Å². The van der Waals surface area contributed by atoms with Crippen LogP contribution in [0.3, 0.4) is 0 Å². The Morgan fingerprint density at radius 3 is 2.17 bits per heavy atom. The summed E-state index contributed by atoms with van der Waals surface area (Å²) in [4.78, 5) is 0.132. The molecule has 1 unspecified atom stereocenters. The summed E-state index contributed by atoms with van der Waals surface area (Å²) in [6, 6.07) is 18.7. The van der Waals surface area contributed by atoms with Crippen molar-refractivity contribution in [3.05, 3.63) is 78.8 Å². The molecule has 0 amide bonds. The highest BCUT2D eigenvalue weighted by Crippen LogP contribution is 2.22. The van der Waals surface area contributed by atoms with Crippen molar-refractivity contribution in [3.63, 3.8) is 0 Å². The van der Waals surface area contributed by atoms with Crippen LogP contribution in [0.25, 0.3) is 11.1 Å². The van der Waals surface area contributed by atoms with Crippen molar-refractivity contribution in [2.45, 2.75) is 10.9 Å². The summed E-state index contributed by atoms with van der Waals surface area (Å²) >= 11 is 0. The summed E-state index contributed by atoms with van der Waals surface area (Å²) in [5.41, 5.74) is 1.94. The highest BCUT2D eigenvalue weighted by Gasteiger charge is 2.22. The number of hydrogen-bond acceptors (Lipinski definition) is 4. The van der Waals surface area contributed by atoms with Gasteiger partial charge in [0.1, 0.15) is 11.8 Å². The van der Waals surface area contributed by atoms with Gasteiger partial charge >= 0.3 is 0 Å². The SMILES string of the molecule is O=S(=O)(NC(CO)c1ccco1)c1ccc(-c2ccccc2)cc1. The Labute approximate surface area is 140 Å². The third-order valence-corrected chi connectivity index (χ3v) is 5.13. The second-order valence-electron chi connectivity index (χ2n) is 5.26. The van der Waals surface area contributed by atoms with Crippen molar-refractivity contribution >= 4 is 10.0 Å². The minimum absolute atomic E-state index is 0.132. The topological polar surface area (TPSA) is 79.5 Å². The largest absolute Gasteiger partial charge is 0.468 e. The van der Waals surface area contributed by atoms with Crippen molar-refractivity contribution < 1.29 is 17.9 Å². The molecule has 0 bridgehead atoms. The number of hydrogen-bond donors (Lipinski definition) is 2. The van der Waals surface area contributed by atoms with Crippen LogP contribution < -0.4 is 4.72 Å². The maximum Gasteiger partial charge on any atom is 0.241 e. The van der Waals surface area contributed by atoms with Gasteiger partial charge in [0.2, 0.25) is 10.0 Å². The maximum absolute atomic E-state index is 12.5. The van der Waals surface area contributed by atoms with Gasteiger partial charge in [0.25, 0.3) is 0 Å². The minimum atomic E-state index is -3.77. The van der Waals surface area contributed by atoms with Crippen LogP contribution in [0.4, 0.5) is 0 Å². The predicted octanol–water partition coefficient (Wildman–Crippen LogP) is 2.96. The Morgan fingerprint density at radius 2 is 1.58 bits per heavy atom. The van der Waals surface area contributed by atoms with Gasteiger partial charge in [-0.25, -0.2) is 8.42 Å². The lowest BCUT2D eigenvalue weighted by Gasteiger charge is -2.14. The zero-order valence-electron chi connectivity index (χ0n) is 12.8. The maximum atomic E-state index is 12.5. The van der Waals surface area contributed by atoms with Gasteiger partial charge in [-0.05, 0) is 35.4 Å². The Kier molecular flexibility index (Phi) is 4.80. The molecule has 0 saturated carbocycles. The quantitative estimate of drug-likeness (QED) is 0.721. The van der Waals surface area contributed by atoms with E-state index >= 15 is 0 Å². The molecule has 2 N–H and O–H groups in total. The first-order chi connectivity index (χ1) is 11.6. The van der Waals surface area contributed by atoms with Gasteiger partial charge in [0.15, 0.2) is 0 Å². The van der Waals surface area contributed by atoms with E-state index in [1.165, 1.54) is 6.26 Å². The molecule has 24 heavy (non-hydrogen) atoms. The number of aliphatic hydroxyl groups excluding tert-OH is 1. The van der Waals surface area contributed by atoms with Crippen LogP contribution in [-0.4, -0.2) is 20.1 Å². The fourth-order valence-corrected chi connectivity index (χ4v) is 3.58. The molecular formula is C18H17NO4S. The number of aliphatic hydroxyl groups is 1. The van der Waals surface area contributed by atoms with Gasteiger partial charge in [-0.2, -0.15) is 4.72 Å². The van der Waals surface area contributed by atoms with Crippen molar-refractivity contribution in [1.29, 1.82) is 0 Å². The standard InChI is InChI=1S/C18H17NO4S/c20-13-17(18-7-4-12-23-18)19-24(21,22)16-10-8-15(9-11-16)14-5-2-1-3-6-14/h1-12,17,19-20H,13H2. The van der Waals surface area contributed by atoms with Crippen LogP contribution in [0.15, 0.2) is 82.3 Å². The molecule has 1 aromatic heterocycles. The van der Waals surface area contributed by atoms with Crippen molar-refractivity contribution in [2.75, 3.05) is 6.61 Å². The van der Waals surface area contributed by atoms with Crippen LogP contribution >= 0.6 is 0 Å². The number of furan rings is 1. The molecule has 0 aliphatic carbocycles. The smallest absolute Gasteiger partial charge is 0.241 e. The van der Waals surface area contributed by atoms with E-state index in [0.29, 0.717) is 5.76 Å². The molecule has 0 aliphatic rings. The number of rotatable bonds is 6. The predicted molar refractivity (Wildman–Crippen MR) is 90.7 cm³/mol. The van der Waals surface area contributed by atoms with Gasteiger partial charge in [0, 0.05) is 0 Å². The summed E-state index contributed by atoms with van der Waals surface area (Å²) in [5, 5.41) is 9.41. The Bertz CT molecular complexity index is 873. The monoisotopic (exact) mass is 343 g/mol. The molecule has 3 rings (SSSR count). The van der Waals surface area contributed by atoms with Gasteiger partial charge in [-0.15, -0.1) is 0 Å². The Hall–Kier alpha value is -2.41. The normalized spacial score (nSPS) is 12.9. The van der Waals surface area contributed by atoms with Crippen LogP contribution in [0.1, 0.15) is 11.8 Å². The second-order valence-corrected chi connectivity index (χ2v) is 6.98. The minimum Gasteiger partial charge on any atom is -0.468 e. The molecule has 1 atom stereocenters. The summed E-state index contributed by atoms with van der Waals surface area (Å²) in [7, 11) is -3.77. The molecule has 0 saturated heterocycles. The lowest BCUT2D eigenvalue weighted by Crippen LogP contribution is -2.30. The number of sulfonamides is 1. The first-order valence-corrected chi connectivity index (χ1v) is 8.90. The molecule has 2 aromatic carbocycles. The fraction of sp³-hybridized carbons (Fsp3) is 0.111. The number of benzene rings is 2. The third kappa shape index (κ3) is 3.56. The van der Waals surface area contributed by atoms with E-state index in [1.54, 1.807) is 36.4 Å². The van der Waals surface area contributed by atoms with Gasteiger partial charge in [-0.3, -0.25) is 0 Å². The molecular weight excluding hydrogens is 326 g/mol. The second kappa shape index (κ2) is 7.00. The molecule has 6 heteroatoms. The molecule has 1 heterocycles. The molecule has 0 fully saturated rings. The van der Waals surface area contributed by atoms with E-state index in [-0.39, 0.29) is 4.90 Å². The summed E-state index contributed by atoms with van der Waals surface area (Å²) < 4.78 is 32.6. The highest BCUT2D eigenvalue weighted by molar-refractivity contribution is 7.89. The van der Waals surface area contributed by atoms with Gasteiger partial charge < -0.3 is 9.52 Å². The van der Waals surface area contributed by atoms with E-state index in [2.05, 4.69) is 4.72 Å². The van der Waals surface area contributed by atoms with Crippen LogP contribution in [0.5, 0.6) is 0 Å². The Morgan fingerprint density at radius 1 is 0.917 bits per heavy atom. The zero-order chi connectivity index (χ0) is 17.0. The average Bonchev–Trinajstić information content (AvgIpc) is 3.15. The molecule has 0 aliphatic heterocycles. The van der Waals surface area contributed by atoms with Crippen molar-refractivity contribution in [3.8, 4) is 11.1 Å². The highest BCUT2D eigenvalue weighted by atomic mass is 32.2. The van der Waals surface area contributed by atoms with Gasteiger partial charge in [-0.1, -0.05) is 42.5 Å². The molecule has 5 nitrogen and oxygen atoms in total. The number of nitrogens with one attached hydrogen (secondary N) is 1. The van der Waals surface area contributed by atoms with Gasteiger partial charge in [0.05, 0.1) is 17.8 Å². The van der Waals surface area contributed by atoms with E-state index in [1.807, 2.05) is 30.3 Å². The molecule has 124 valence electrons. The van der Waals surface area contributed by atoms with E-state index in [9.17, 15) is 13.5 Å². The average molecular weight is 343 g/mol. The molecule has 0 spiro atoms. The van der Waals surface area contributed by atoms with E-state index in [4.69, 9.17) is 4.42 Å².